The van der Waals surface area contributed by atoms with E-state index in [0.717, 1.165) is 35.8 Å². The molecule has 3 rings (SSSR count). The van der Waals surface area contributed by atoms with E-state index in [1.807, 2.05) is 0 Å². The van der Waals surface area contributed by atoms with Gasteiger partial charge in [0.25, 0.3) is 5.91 Å². The van der Waals surface area contributed by atoms with Crippen LogP contribution in [-0.2, 0) is 17.6 Å². The average molecular weight is 418 g/mol. The molecule has 0 radical (unpaired) electrons. The number of anilines is 1. The second-order valence-electron chi connectivity index (χ2n) is 6.87. The molecular formula is C20H22N2O6S. The number of hydrogen-bond acceptors (Lipinski definition) is 7. The Kier molecular flexibility index (Phi) is 6.17. The van der Waals surface area contributed by atoms with Crippen molar-refractivity contribution in [3.8, 4) is 5.75 Å². The van der Waals surface area contributed by atoms with Crippen molar-refractivity contribution < 1.29 is 24.0 Å². The van der Waals surface area contributed by atoms with Crippen LogP contribution in [0, 0.1) is 16.0 Å². The number of amides is 1. The molecule has 1 heterocycles. The summed E-state index contributed by atoms with van der Waals surface area (Å²) < 4.78 is 10.2. The maximum Gasteiger partial charge on any atom is 0.341 e. The molecule has 0 saturated heterocycles. The van der Waals surface area contributed by atoms with Gasteiger partial charge in [0.1, 0.15) is 5.00 Å². The summed E-state index contributed by atoms with van der Waals surface area (Å²) in [5.41, 5.74) is 1.13. The van der Waals surface area contributed by atoms with Crippen LogP contribution < -0.4 is 10.1 Å². The molecule has 1 N–H and O–H groups in total. The summed E-state index contributed by atoms with van der Waals surface area (Å²) >= 11 is 1.37. The van der Waals surface area contributed by atoms with Crippen LogP contribution in [0.3, 0.4) is 0 Å². The molecule has 1 unspecified atom stereocenters. The molecule has 0 bridgehead atoms. The van der Waals surface area contributed by atoms with E-state index < -0.39 is 16.8 Å². The first-order valence-corrected chi connectivity index (χ1v) is 10.1. The van der Waals surface area contributed by atoms with E-state index in [2.05, 4.69) is 12.2 Å². The third kappa shape index (κ3) is 4.24. The Balaban J connectivity index is 1.95. The van der Waals surface area contributed by atoms with Crippen LogP contribution in [0.1, 0.15) is 51.4 Å². The molecule has 1 aliphatic carbocycles. The molecule has 1 aromatic carbocycles. The van der Waals surface area contributed by atoms with Crippen LogP contribution >= 0.6 is 11.3 Å². The summed E-state index contributed by atoms with van der Waals surface area (Å²) in [6.45, 7) is 4.12. The number of nitro groups is 1. The topological polar surface area (TPSA) is 108 Å². The highest BCUT2D eigenvalue weighted by Crippen LogP contribution is 2.40. The predicted octanol–water partition coefficient (Wildman–Crippen LogP) is 4.22. The summed E-state index contributed by atoms with van der Waals surface area (Å²) in [6.07, 6.45) is 2.56. The van der Waals surface area contributed by atoms with E-state index in [-0.39, 0.29) is 23.6 Å². The molecule has 1 aliphatic rings. The van der Waals surface area contributed by atoms with Gasteiger partial charge in [0.05, 0.1) is 24.2 Å². The first-order chi connectivity index (χ1) is 13.8. The lowest BCUT2D eigenvalue weighted by Gasteiger charge is -2.18. The van der Waals surface area contributed by atoms with Gasteiger partial charge in [-0.3, -0.25) is 14.9 Å². The van der Waals surface area contributed by atoms with Crippen LogP contribution in [0.4, 0.5) is 10.7 Å². The van der Waals surface area contributed by atoms with Crippen molar-refractivity contribution in [3.05, 3.63) is 49.9 Å². The number of thiophene rings is 1. The molecule has 9 heteroatoms. The Morgan fingerprint density at radius 3 is 2.79 bits per heavy atom. The SMILES string of the molecule is CCOC(=O)c1c(NC(=O)c2ccc(OC)c([N+](=O)[O-])c2)sc2c1CCC(C)C2. The lowest BCUT2D eigenvalue weighted by atomic mass is 9.88. The molecule has 0 spiro atoms. The molecule has 8 nitrogen and oxygen atoms in total. The van der Waals surface area contributed by atoms with Gasteiger partial charge in [-0.1, -0.05) is 6.92 Å². The number of esters is 1. The second-order valence-corrected chi connectivity index (χ2v) is 7.98. The quantitative estimate of drug-likeness (QED) is 0.427. The maximum atomic E-state index is 12.8. The molecule has 0 fully saturated rings. The Bertz CT molecular complexity index is 968. The van der Waals surface area contributed by atoms with Crippen molar-refractivity contribution in [2.45, 2.75) is 33.1 Å². The number of nitrogens with zero attached hydrogens (tertiary/aromatic N) is 1. The monoisotopic (exact) mass is 418 g/mol. The van der Waals surface area contributed by atoms with Gasteiger partial charge in [-0.2, -0.15) is 0 Å². The number of nitro benzene ring substituents is 1. The van der Waals surface area contributed by atoms with Gasteiger partial charge in [-0.25, -0.2) is 4.79 Å². The lowest BCUT2D eigenvalue weighted by molar-refractivity contribution is -0.385. The van der Waals surface area contributed by atoms with Crippen molar-refractivity contribution in [3.63, 3.8) is 0 Å². The predicted molar refractivity (Wildman–Crippen MR) is 109 cm³/mol. The van der Waals surface area contributed by atoms with Gasteiger partial charge >= 0.3 is 11.7 Å². The number of ether oxygens (including phenoxy) is 2. The molecule has 0 aliphatic heterocycles. The lowest BCUT2D eigenvalue weighted by Crippen LogP contribution is -2.16. The Hall–Kier alpha value is -2.94. The molecule has 1 atom stereocenters. The highest BCUT2D eigenvalue weighted by Gasteiger charge is 2.29. The van der Waals surface area contributed by atoms with E-state index in [1.165, 1.54) is 30.6 Å². The van der Waals surface area contributed by atoms with Gasteiger partial charge in [0.15, 0.2) is 5.75 Å². The van der Waals surface area contributed by atoms with E-state index >= 15 is 0 Å². The Morgan fingerprint density at radius 2 is 2.14 bits per heavy atom. The summed E-state index contributed by atoms with van der Waals surface area (Å²) in [5.74, 6) is -0.424. The maximum absolute atomic E-state index is 12.8. The highest BCUT2D eigenvalue weighted by atomic mass is 32.1. The zero-order valence-corrected chi connectivity index (χ0v) is 17.3. The zero-order valence-electron chi connectivity index (χ0n) is 16.4. The number of carbonyl (C=O) groups is 2. The molecule has 1 amide bonds. The van der Waals surface area contributed by atoms with Crippen molar-refractivity contribution in [1.82, 2.24) is 0 Å². The minimum atomic E-state index is -0.606. The number of rotatable bonds is 6. The molecular weight excluding hydrogens is 396 g/mol. The minimum absolute atomic E-state index is 0.0688. The van der Waals surface area contributed by atoms with Crippen molar-refractivity contribution in [2.75, 3.05) is 19.0 Å². The van der Waals surface area contributed by atoms with Crippen molar-refractivity contribution >= 4 is 33.9 Å². The summed E-state index contributed by atoms with van der Waals surface area (Å²) in [7, 11) is 1.32. The molecule has 1 aromatic heterocycles. The number of hydrogen-bond donors (Lipinski definition) is 1. The molecule has 2 aromatic rings. The first kappa shape index (κ1) is 20.8. The molecule has 0 saturated carbocycles. The van der Waals surface area contributed by atoms with Gasteiger partial charge in [-0.15, -0.1) is 11.3 Å². The summed E-state index contributed by atoms with van der Waals surface area (Å²) in [4.78, 5) is 37.0. The second kappa shape index (κ2) is 8.60. The standard InChI is InChI=1S/C20H22N2O6S/c1-4-28-20(24)17-13-7-5-11(2)9-16(13)29-19(17)21-18(23)12-6-8-15(27-3)14(10-12)22(25)26/h6,8,10-11H,4-5,7,9H2,1-3H3,(H,21,23). The fraction of sp³-hybridized carbons (Fsp3) is 0.400. The average Bonchev–Trinajstić information content (AvgIpc) is 3.04. The van der Waals surface area contributed by atoms with Crippen molar-refractivity contribution in [1.29, 1.82) is 0 Å². The van der Waals surface area contributed by atoms with Gasteiger partial charge in [0, 0.05) is 16.5 Å². The highest BCUT2D eigenvalue weighted by molar-refractivity contribution is 7.17. The minimum Gasteiger partial charge on any atom is -0.490 e. The number of fused-ring (bicyclic) bond motifs is 1. The third-order valence-corrected chi connectivity index (χ3v) is 6.03. The van der Waals surface area contributed by atoms with Crippen LogP contribution in [0.5, 0.6) is 5.75 Å². The summed E-state index contributed by atoms with van der Waals surface area (Å²) in [5, 5.41) is 14.4. The van der Waals surface area contributed by atoms with E-state index in [9.17, 15) is 19.7 Å². The number of methoxy groups -OCH3 is 1. The van der Waals surface area contributed by atoms with Crippen molar-refractivity contribution in [2.24, 2.45) is 5.92 Å². The van der Waals surface area contributed by atoms with Crippen LogP contribution in [-0.4, -0.2) is 30.5 Å². The smallest absolute Gasteiger partial charge is 0.341 e. The third-order valence-electron chi connectivity index (χ3n) is 4.86. The van der Waals surface area contributed by atoms with E-state index in [0.29, 0.717) is 16.5 Å². The summed E-state index contributed by atoms with van der Waals surface area (Å²) in [6, 6.07) is 3.98. The van der Waals surface area contributed by atoms with Gasteiger partial charge < -0.3 is 14.8 Å². The zero-order chi connectivity index (χ0) is 21.1. The Morgan fingerprint density at radius 1 is 1.38 bits per heavy atom. The van der Waals surface area contributed by atoms with Gasteiger partial charge in [-0.05, 0) is 49.8 Å². The molecule has 154 valence electrons. The molecule has 29 heavy (non-hydrogen) atoms. The number of carbonyl (C=O) groups excluding carboxylic acids is 2. The fourth-order valence-corrected chi connectivity index (χ4v) is 4.80. The normalized spacial score (nSPS) is 15.3. The van der Waals surface area contributed by atoms with Crippen LogP contribution in [0.2, 0.25) is 0 Å². The fourth-order valence-electron chi connectivity index (χ4n) is 3.41. The Labute approximate surface area is 172 Å². The van der Waals surface area contributed by atoms with E-state index in [1.54, 1.807) is 6.92 Å². The van der Waals surface area contributed by atoms with E-state index in [4.69, 9.17) is 9.47 Å². The van der Waals surface area contributed by atoms with Crippen LogP contribution in [0.15, 0.2) is 18.2 Å². The van der Waals surface area contributed by atoms with Gasteiger partial charge in [0.2, 0.25) is 0 Å². The largest absolute Gasteiger partial charge is 0.490 e. The number of benzene rings is 1. The van der Waals surface area contributed by atoms with Crippen LogP contribution in [0.25, 0.3) is 0 Å². The first-order valence-electron chi connectivity index (χ1n) is 9.31. The number of nitrogens with one attached hydrogen (secondary N) is 1.